The molecule has 0 bridgehead atoms. The molecule has 19 heavy (non-hydrogen) atoms. The van der Waals surface area contributed by atoms with Crippen molar-refractivity contribution in [1.29, 1.82) is 0 Å². The van der Waals surface area contributed by atoms with E-state index in [1.807, 2.05) is 13.8 Å². The lowest BCUT2D eigenvalue weighted by Gasteiger charge is -2.49. The van der Waals surface area contributed by atoms with Gasteiger partial charge in [0, 0.05) is 6.54 Å². The number of ether oxygens (including phenoxy) is 1. The number of nitrogens with zero attached hydrogens (tertiary/aromatic N) is 1. The van der Waals surface area contributed by atoms with Gasteiger partial charge in [-0.2, -0.15) is 0 Å². The van der Waals surface area contributed by atoms with Crippen molar-refractivity contribution in [2.24, 2.45) is 5.92 Å². The fraction of sp³-hybridized carbons (Fsp3) is 0.857. The summed E-state index contributed by atoms with van der Waals surface area (Å²) in [7, 11) is 0. The van der Waals surface area contributed by atoms with Crippen molar-refractivity contribution in [2.45, 2.75) is 65.0 Å². The Morgan fingerprint density at radius 3 is 2.21 bits per heavy atom. The van der Waals surface area contributed by atoms with Crippen LogP contribution in [0.3, 0.4) is 0 Å². The van der Waals surface area contributed by atoms with E-state index in [-0.39, 0.29) is 0 Å². The molecule has 0 aromatic carbocycles. The van der Waals surface area contributed by atoms with Crippen LogP contribution in [0.5, 0.6) is 0 Å². The molecule has 1 N–H and O–H groups in total. The van der Waals surface area contributed by atoms with Gasteiger partial charge in [-0.05, 0) is 46.0 Å². The van der Waals surface area contributed by atoms with Gasteiger partial charge < -0.3 is 9.84 Å². The summed E-state index contributed by atoms with van der Waals surface area (Å²) < 4.78 is 5.34. The van der Waals surface area contributed by atoms with Crippen LogP contribution in [-0.4, -0.2) is 39.8 Å². The van der Waals surface area contributed by atoms with Crippen molar-refractivity contribution in [3.8, 4) is 0 Å². The molecule has 1 fully saturated rings. The van der Waals surface area contributed by atoms with Crippen LogP contribution in [0.4, 0.5) is 4.79 Å². The van der Waals surface area contributed by atoms with Crippen LogP contribution in [0.15, 0.2) is 0 Å². The van der Waals surface area contributed by atoms with E-state index < -0.39 is 23.2 Å². The molecule has 1 amide bonds. The van der Waals surface area contributed by atoms with Gasteiger partial charge in [0.15, 0.2) is 0 Å². The first-order valence-electron chi connectivity index (χ1n) is 6.86. The first-order valence-corrected chi connectivity index (χ1v) is 6.86. The van der Waals surface area contributed by atoms with E-state index in [0.29, 0.717) is 31.7 Å². The summed E-state index contributed by atoms with van der Waals surface area (Å²) in [6, 6.07) is 0. The lowest BCUT2D eigenvalue weighted by Crippen LogP contribution is -2.64. The normalized spacial score (nSPS) is 26.5. The Kier molecular flexibility index (Phi) is 4.48. The van der Waals surface area contributed by atoms with Crippen molar-refractivity contribution in [1.82, 2.24) is 4.90 Å². The maximum atomic E-state index is 12.2. The summed E-state index contributed by atoms with van der Waals surface area (Å²) in [5, 5.41) is 9.50. The number of amides is 1. The van der Waals surface area contributed by atoms with Gasteiger partial charge in [0.2, 0.25) is 0 Å². The van der Waals surface area contributed by atoms with Crippen molar-refractivity contribution >= 4 is 12.1 Å². The Hall–Kier alpha value is -1.26. The number of carboxylic acids is 1. The topological polar surface area (TPSA) is 66.8 Å². The van der Waals surface area contributed by atoms with Gasteiger partial charge in [-0.25, -0.2) is 9.59 Å². The second-order valence-electron chi connectivity index (χ2n) is 6.48. The molecule has 0 saturated heterocycles. The molecule has 0 heterocycles. The molecule has 0 spiro atoms. The van der Waals surface area contributed by atoms with Crippen LogP contribution in [0.1, 0.15) is 53.9 Å². The number of aliphatic carboxylic acids is 1. The Bertz CT molecular complexity index is 353. The first kappa shape index (κ1) is 15.8. The molecule has 0 aliphatic heterocycles. The highest BCUT2D eigenvalue weighted by Gasteiger charge is 2.55. The lowest BCUT2D eigenvalue weighted by molar-refractivity contribution is -0.161. The first-order chi connectivity index (χ1) is 8.62. The number of hydrogen-bond acceptors (Lipinski definition) is 3. The Morgan fingerprint density at radius 1 is 1.37 bits per heavy atom. The average Bonchev–Trinajstić information content (AvgIpc) is 2.18. The zero-order chi connectivity index (χ0) is 14.8. The fourth-order valence-corrected chi connectivity index (χ4v) is 2.62. The van der Waals surface area contributed by atoms with E-state index in [1.54, 1.807) is 20.8 Å². The van der Waals surface area contributed by atoms with E-state index in [2.05, 4.69) is 0 Å². The Morgan fingerprint density at radius 2 is 1.89 bits per heavy atom. The summed E-state index contributed by atoms with van der Waals surface area (Å²) in [6.07, 6.45) is 1.19. The molecule has 5 heteroatoms. The largest absolute Gasteiger partial charge is 0.479 e. The molecule has 0 unspecified atom stereocenters. The van der Waals surface area contributed by atoms with E-state index >= 15 is 0 Å². The Balaban J connectivity index is 2.93. The predicted molar refractivity (Wildman–Crippen MR) is 72.0 cm³/mol. The minimum atomic E-state index is -1.07. The fourth-order valence-electron chi connectivity index (χ4n) is 2.62. The molecule has 0 aromatic rings. The van der Waals surface area contributed by atoms with Crippen molar-refractivity contribution in [3.63, 3.8) is 0 Å². The van der Waals surface area contributed by atoms with Crippen molar-refractivity contribution in [2.75, 3.05) is 6.54 Å². The highest BCUT2D eigenvalue weighted by Crippen LogP contribution is 2.43. The van der Waals surface area contributed by atoms with Crippen molar-refractivity contribution in [3.05, 3.63) is 0 Å². The third-order valence-electron chi connectivity index (χ3n) is 3.35. The van der Waals surface area contributed by atoms with Crippen LogP contribution in [0.25, 0.3) is 0 Å². The molecule has 5 nitrogen and oxygen atoms in total. The zero-order valence-corrected chi connectivity index (χ0v) is 12.5. The standard InChI is InChI=1S/C14H25NO4/c1-6-7-15(12(18)19-13(3,4)5)14(11(16)17)8-10(2)9-14/h10H,6-9H2,1-5H3,(H,16,17). The minimum absolute atomic E-state index is 0.331. The molecule has 1 saturated carbocycles. The van der Waals surface area contributed by atoms with E-state index in [1.165, 1.54) is 4.90 Å². The average molecular weight is 271 g/mol. The van der Waals surface area contributed by atoms with Gasteiger partial charge in [0.1, 0.15) is 11.1 Å². The molecule has 1 aliphatic carbocycles. The number of hydrogen-bond donors (Lipinski definition) is 1. The van der Waals surface area contributed by atoms with Gasteiger partial charge in [-0.15, -0.1) is 0 Å². The Labute approximate surface area is 114 Å². The zero-order valence-electron chi connectivity index (χ0n) is 12.5. The summed E-state index contributed by atoms with van der Waals surface area (Å²) in [4.78, 5) is 25.2. The summed E-state index contributed by atoms with van der Waals surface area (Å²) in [5.74, 6) is -0.595. The molecular weight excluding hydrogens is 246 g/mol. The second-order valence-corrected chi connectivity index (χ2v) is 6.48. The molecule has 0 atom stereocenters. The van der Waals surface area contributed by atoms with Crippen LogP contribution in [-0.2, 0) is 9.53 Å². The molecule has 110 valence electrons. The highest BCUT2D eigenvalue weighted by molar-refractivity contribution is 5.85. The number of carbonyl (C=O) groups is 2. The SMILES string of the molecule is CCCN(C(=O)OC(C)(C)C)C1(C(=O)O)CC(C)C1. The number of carbonyl (C=O) groups excluding carboxylic acids is 1. The summed E-state index contributed by atoms with van der Waals surface area (Å²) >= 11 is 0. The smallest absolute Gasteiger partial charge is 0.411 e. The molecule has 0 radical (unpaired) electrons. The van der Waals surface area contributed by atoms with Gasteiger partial charge in [0.25, 0.3) is 0 Å². The van der Waals surface area contributed by atoms with Crippen LogP contribution >= 0.6 is 0 Å². The highest BCUT2D eigenvalue weighted by atomic mass is 16.6. The quantitative estimate of drug-likeness (QED) is 0.853. The monoisotopic (exact) mass is 271 g/mol. The van der Waals surface area contributed by atoms with Crippen molar-refractivity contribution < 1.29 is 19.4 Å². The molecule has 1 aliphatic rings. The van der Waals surface area contributed by atoms with Gasteiger partial charge in [0.05, 0.1) is 0 Å². The minimum Gasteiger partial charge on any atom is -0.479 e. The maximum absolute atomic E-state index is 12.2. The maximum Gasteiger partial charge on any atom is 0.411 e. The summed E-state index contributed by atoms with van der Waals surface area (Å²) in [6.45, 7) is 9.69. The predicted octanol–water partition coefficient (Wildman–Crippen LogP) is 2.89. The lowest BCUT2D eigenvalue weighted by atomic mass is 9.68. The summed E-state index contributed by atoms with van der Waals surface area (Å²) in [5.41, 5.74) is -1.68. The van der Waals surface area contributed by atoms with Crippen LogP contribution in [0, 0.1) is 5.92 Å². The van der Waals surface area contributed by atoms with E-state index in [4.69, 9.17) is 4.74 Å². The molecule has 0 aromatic heterocycles. The third kappa shape index (κ3) is 3.39. The van der Waals surface area contributed by atoms with E-state index in [9.17, 15) is 14.7 Å². The van der Waals surface area contributed by atoms with Gasteiger partial charge in [-0.3, -0.25) is 4.90 Å². The van der Waals surface area contributed by atoms with Crippen LogP contribution < -0.4 is 0 Å². The van der Waals surface area contributed by atoms with E-state index in [0.717, 1.165) is 0 Å². The van der Waals surface area contributed by atoms with Gasteiger partial charge in [-0.1, -0.05) is 13.8 Å². The third-order valence-corrected chi connectivity index (χ3v) is 3.35. The number of carboxylic acid groups (broad SMARTS) is 1. The second kappa shape index (κ2) is 5.39. The number of rotatable bonds is 4. The van der Waals surface area contributed by atoms with Gasteiger partial charge >= 0.3 is 12.1 Å². The van der Waals surface area contributed by atoms with Crippen LogP contribution in [0.2, 0.25) is 0 Å². The molecular formula is C14H25NO4. The molecule has 1 rings (SSSR count).